The van der Waals surface area contributed by atoms with E-state index < -0.39 is 16.1 Å². The Morgan fingerprint density at radius 1 is 0.762 bits per heavy atom. The van der Waals surface area contributed by atoms with Crippen LogP contribution in [0.25, 0.3) is 0 Å². The van der Waals surface area contributed by atoms with E-state index in [9.17, 15) is 18.0 Å². The third-order valence-electron chi connectivity index (χ3n) is 7.09. The number of hydrogen-bond acceptors (Lipinski definition) is 5. The number of carbonyl (C=O) groups is 2. The zero-order valence-corrected chi connectivity index (χ0v) is 23.9. The molecule has 0 saturated carbocycles. The smallest absolute Gasteiger partial charge is 0.263 e. The first-order valence-corrected chi connectivity index (χ1v) is 15.4. The van der Waals surface area contributed by atoms with E-state index in [0.29, 0.717) is 37.4 Å². The van der Waals surface area contributed by atoms with Crippen LogP contribution in [0.2, 0.25) is 0 Å². The third-order valence-corrected chi connectivity index (χ3v) is 8.56. The number of nitrogens with one attached hydrogen (secondary N) is 2. The summed E-state index contributed by atoms with van der Waals surface area (Å²) in [5, 5.41) is 2.90. The van der Waals surface area contributed by atoms with E-state index in [0.717, 1.165) is 16.7 Å². The lowest BCUT2D eigenvalue weighted by molar-refractivity contribution is -0.128. The number of hydrogen-bond donors (Lipinski definition) is 2. The monoisotopic (exact) mass is 583 g/mol. The summed E-state index contributed by atoms with van der Waals surface area (Å²) in [4.78, 5) is 28.1. The Kier molecular flexibility index (Phi) is 9.31. The van der Waals surface area contributed by atoms with Crippen LogP contribution in [0.3, 0.4) is 0 Å². The molecule has 0 saturated heterocycles. The zero-order valence-electron chi connectivity index (χ0n) is 23.1. The molecule has 1 unspecified atom stereocenters. The Labute approximate surface area is 246 Å². The first-order chi connectivity index (χ1) is 20.4. The normalized spacial score (nSPS) is 14.5. The van der Waals surface area contributed by atoms with Crippen LogP contribution in [0.4, 0.5) is 5.69 Å². The molecule has 1 atom stereocenters. The zero-order chi connectivity index (χ0) is 29.4. The lowest BCUT2D eigenvalue weighted by atomic mass is 10.1. The maximum Gasteiger partial charge on any atom is 0.263 e. The largest absolute Gasteiger partial charge is 0.477 e. The molecule has 2 N–H and O–H groups in total. The second-order valence-electron chi connectivity index (χ2n) is 10.1. The van der Waals surface area contributed by atoms with Crippen molar-refractivity contribution in [2.24, 2.45) is 0 Å². The van der Waals surface area contributed by atoms with Gasteiger partial charge in [0.05, 0.1) is 17.1 Å². The summed E-state index contributed by atoms with van der Waals surface area (Å²) in [7, 11) is -3.64. The van der Waals surface area contributed by atoms with Crippen molar-refractivity contribution in [1.29, 1.82) is 0 Å². The van der Waals surface area contributed by atoms with Gasteiger partial charge in [-0.25, -0.2) is 13.1 Å². The molecule has 9 heteroatoms. The summed E-state index contributed by atoms with van der Waals surface area (Å²) in [5.41, 5.74) is 3.49. The van der Waals surface area contributed by atoms with E-state index in [1.54, 1.807) is 47.4 Å². The Morgan fingerprint density at radius 3 is 2.10 bits per heavy atom. The highest BCUT2D eigenvalue weighted by molar-refractivity contribution is 7.89. The number of fused-ring (bicyclic) bond motifs is 1. The minimum Gasteiger partial charge on any atom is -0.477 e. The molecule has 216 valence electrons. The number of para-hydroxylation sites is 2. The molecule has 1 aliphatic heterocycles. The molecule has 4 aromatic carbocycles. The Balaban J connectivity index is 1.17. The Morgan fingerprint density at radius 2 is 1.38 bits per heavy atom. The molecule has 0 bridgehead atoms. The molecular formula is C33H33N3O5S. The summed E-state index contributed by atoms with van der Waals surface area (Å²) in [6.45, 7) is 0.764. The quantitative estimate of drug-likeness (QED) is 0.275. The molecule has 0 fully saturated rings. The number of ether oxygens (including phenoxy) is 1. The first kappa shape index (κ1) is 29.0. The molecule has 0 radical (unpaired) electrons. The molecule has 2 amide bonds. The Bertz CT molecular complexity index is 1610. The van der Waals surface area contributed by atoms with Crippen LogP contribution in [0.5, 0.6) is 5.75 Å². The minimum absolute atomic E-state index is 0.0995. The molecule has 42 heavy (non-hydrogen) atoms. The van der Waals surface area contributed by atoms with Gasteiger partial charge in [0.25, 0.3) is 5.91 Å². The van der Waals surface area contributed by atoms with Gasteiger partial charge in [0.2, 0.25) is 15.9 Å². The summed E-state index contributed by atoms with van der Waals surface area (Å²) in [5.74, 6) is 0.0394. The molecule has 0 aliphatic carbocycles. The van der Waals surface area contributed by atoms with Crippen LogP contribution in [0.1, 0.15) is 23.1 Å². The lowest BCUT2D eigenvalue weighted by Gasteiger charge is -2.34. The van der Waals surface area contributed by atoms with Gasteiger partial charge in [-0.05, 0) is 53.8 Å². The van der Waals surface area contributed by atoms with Gasteiger partial charge in [0.1, 0.15) is 5.75 Å². The highest BCUT2D eigenvalue weighted by Crippen LogP contribution is 2.33. The Hall–Kier alpha value is -4.47. The molecule has 0 spiro atoms. The molecule has 0 aromatic heterocycles. The van der Waals surface area contributed by atoms with Crippen molar-refractivity contribution in [3.05, 3.63) is 126 Å². The van der Waals surface area contributed by atoms with Crippen LogP contribution < -0.4 is 19.7 Å². The third kappa shape index (κ3) is 7.43. The van der Waals surface area contributed by atoms with Crippen LogP contribution in [-0.2, 0) is 39.0 Å². The van der Waals surface area contributed by atoms with Gasteiger partial charge in [-0.15, -0.1) is 0 Å². The second kappa shape index (κ2) is 13.5. The SMILES string of the molecule is O=C(NCc1ccccc1)C1CN(C(=O)CCc2ccc(S(=O)(=O)NCCc3ccccc3)cc2)c2ccccc2O1. The van der Waals surface area contributed by atoms with Crippen LogP contribution in [-0.4, -0.2) is 39.4 Å². The van der Waals surface area contributed by atoms with Crippen molar-refractivity contribution >= 4 is 27.5 Å². The summed E-state index contributed by atoms with van der Waals surface area (Å²) in [6.07, 6.45) is 0.367. The molecule has 5 rings (SSSR count). The van der Waals surface area contributed by atoms with Gasteiger partial charge in [-0.3, -0.25) is 9.59 Å². The van der Waals surface area contributed by atoms with E-state index in [1.165, 1.54) is 0 Å². The van der Waals surface area contributed by atoms with Gasteiger partial charge >= 0.3 is 0 Å². The summed E-state index contributed by atoms with van der Waals surface area (Å²) < 4.78 is 34.0. The number of amides is 2. The second-order valence-corrected chi connectivity index (χ2v) is 11.8. The highest BCUT2D eigenvalue weighted by Gasteiger charge is 2.33. The van der Waals surface area contributed by atoms with Gasteiger partial charge in [0, 0.05) is 19.5 Å². The van der Waals surface area contributed by atoms with Crippen molar-refractivity contribution < 1.29 is 22.7 Å². The maximum atomic E-state index is 13.4. The number of rotatable bonds is 11. The average molecular weight is 584 g/mol. The number of carbonyl (C=O) groups excluding carboxylic acids is 2. The highest BCUT2D eigenvalue weighted by atomic mass is 32.2. The molecule has 1 aliphatic rings. The molecule has 1 heterocycles. The van der Waals surface area contributed by atoms with Crippen molar-refractivity contribution in [2.75, 3.05) is 18.0 Å². The van der Waals surface area contributed by atoms with Crippen LogP contribution in [0.15, 0.2) is 114 Å². The predicted octanol–water partition coefficient (Wildman–Crippen LogP) is 4.25. The van der Waals surface area contributed by atoms with E-state index in [1.807, 2.05) is 66.7 Å². The first-order valence-electron chi connectivity index (χ1n) is 13.9. The fourth-order valence-electron chi connectivity index (χ4n) is 4.79. The van der Waals surface area contributed by atoms with Crippen molar-refractivity contribution in [3.8, 4) is 5.75 Å². The number of aryl methyl sites for hydroxylation is 1. The van der Waals surface area contributed by atoms with Gasteiger partial charge in [-0.2, -0.15) is 0 Å². The standard InChI is InChI=1S/C33H33N3O5S/c37-32(20-17-26-15-18-28(19-16-26)42(39,40)35-22-21-25-9-3-1-4-10-25)36-24-31(41-30-14-8-7-13-29(30)36)33(38)34-23-27-11-5-2-6-12-27/h1-16,18-19,31,35H,17,20-24H2,(H,34,38). The van der Waals surface area contributed by atoms with Gasteiger partial charge in [0.15, 0.2) is 6.10 Å². The summed E-state index contributed by atoms with van der Waals surface area (Å²) in [6, 6.07) is 33.0. The lowest BCUT2D eigenvalue weighted by Crippen LogP contribution is -2.50. The fourth-order valence-corrected chi connectivity index (χ4v) is 5.82. The summed E-state index contributed by atoms with van der Waals surface area (Å²) >= 11 is 0. The van der Waals surface area contributed by atoms with Crippen molar-refractivity contribution in [1.82, 2.24) is 10.0 Å². The average Bonchev–Trinajstić information content (AvgIpc) is 3.03. The fraction of sp³-hybridized carbons (Fsp3) is 0.212. The van der Waals surface area contributed by atoms with Crippen LogP contribution >= 0.6 is 0 Å². The van der Waals surface area contributed by atoms with Crippen molar-refractivity contribution in [3.63, 3.8) is 0 Å². The van der Waals surface area contributed by atoms with Crippen LogP contribution in [0, 0.1) is 0 Å². The topological polar surface area (TPSA) is 105 Å². The van der Waals surface area contributed by atoms with E-state index in [2.05, 4.69) is 10.0 Å². The number of sulfonamides is 1. The molecular weight excluding hydrogens is 550 g/mol. The van der Waals surface area contributed by atoms with Crippen molar-refractivity contribution in [2.45, 2.75) is 36.8 Å². The number of benzene rings is 4. The maximum absolute atomic E-state index is 13.4. The van der Waals surface area contributed by atoms with Gasteiger partial charge < -0.3 is 15.0 Å². The van der Waals surface area contributed by atoms with E-state index in [4.69, 9.17) is 4.74 Å². The van der Waals surface area contributed by atoms with E-state index >= 15 is 0 Å². The minimum atomic E-state index is -3.64. The number of anilines is 1. The van der Waals surface area contributed by atoms with Gasteiger partial charge in [-0.1, -0.05) is 84.9 Å². The van der Waals surface area contributed by atoms with E-state index in [-0.39, 0.29) is 29.7 Å². The number of nitrogens with zero attached hydrogens (tertiary/aromatic N) is 1. The predicted molar refractivity (Wildman–Crippen MR) is 162 cm³/mol. The molecule has 8 nitrogen and oxygen atoms in total. The molecule has 4 aromatic rings.